The molecule has 0 aliphatic carbocycles. The van der Waals surface area contributed by atoms with Crippen LogP contribution in [0.25, 0.3) is 0 Å². The molecule has 1 heterocycles. The van der Waals surface area contributed by atoms with E-state index in [0.29, 0.717) is 0 Å². The second-order valence-electron chi connectivity index (χ2n) is 1.92. The van der Waals surface area contributed by atoms with Gasteiger partial charge in [0, 0.05) is 19.2 Å². The van der Waals surface area contributed by atoms with E-state index in [-0.39, 0.29) is 0 Å². The van der Waals surface area contributed by atoms with Crippen molar-refractivity contribution in [3.05, 3.63) is 33.1 Å². The molecule has 0 radical (unpaired) electrons. The van der Waals surface area contributed by atoms with Crippen molar-refractivity contribution >= 4 is 5.97 Å². The molecule has 0 fully saturated rings. The molecule has 72 valence electrons. The molecule has 0 amide bonds. The first-order valence-electron chi connectivity index (χ1n) is 3.11. The van der Waals surface area contributed by atoms with E-state index in [1.165, 1.54) is 0 Å². The number of halogens is 1. The Morgan fingerprint density at radius 3 is 2.38 bits per heavy atom. The number of carbonyl (C=O) groups is 1. The van der Waals surface area contributed by atoms with Gasteiger partial charge in [0.15, 0.2) is 0 Å². The lowest BCUT2D eigenvalue weighted by Crippen LogP contribution is -2.28. The fourth-order valence-corrected chi connectivity index (χ4v) is 0.406. The van der Waals surface area contributed by atoms with Gasteiger partial charge in [0.1, 0.15) is 0 Å². The van der Waals surface area contributed by atoms with Gasteiger partial charge >= 0.3 is 5.69 Å². The van der Waals surface area contributed by atoms with Crippen LogP contribution in [-0.2, 0) is 4.79 Å². The normalized spacial score (nSPS) is 8.46. The summed E-state index contributed by atoms with van der Waals surface area (Å²) < 4.78 is 12.0. The van der Waals surface area contributed by atoms with Gasteiger partial charge < -0.3 is 10.1 Å². The number of nitrogens with zero attached hydrogens (tertiary/aromatic N) is 1. The molecule has 7 heteroatoms. The second kappa shape index (κ2) is 4.86. The van der Waals surface area contributed by atoms with Crippen LogP contribution in [0.5, 0.6) is 0 Å². The van der Waals surface area contributed by atoms with Crippen molar-refractivity contribution < 1.29 is 14.4 Å². The molecule has 0 aliphatic rings. The van der Waals surface area contributed by atoms with E-state index in [2.05, 4.69) is 0 Å². The maximum absolute atomic E-state index is 12.0. The molecule has 0 saturated carbocycles. The summed E-state index contributed by atoms with van der Waals surface area (Å²) in [6.45, 7) is 1.08. The molecule has 0 aliphatic heterocycles. The molecule has 2 N–H and O–H groups in total. The van der Waals surface area contributed by atoms with Crippen molar-refractivity contribution in [2.75, 3.05) is 0 Å². The lowest BCUT2D eigenvalue weighted by Gasteiger charge is -1.83. The second-order valence-corrected chi connectivity index (χ2v) is 1.92. The number of H-pyrrole nitrogens is 1. The highest BCUT2D eigenvalue weighted by Gasteiger charge is 1.93. The molecule has 0 aromatic carbocycles. The molecule has 1 aromatic heterocycles. The van der Waals surface area contributed by atoms with Crippen molar-refractivity contribution in [1.29, 1.82) is 0 Å². The quantitative estimate of drug-likeness (QED) is 0.569. The zero-order valence-corrected chi connectivity index (χ0v) is 6.65. The van der Waals surface area contributed by atoms with Crippen LogP contribution in [0.4, 0.5) is 4.48 Å². The molecular formula is C6H7FN2O4. The Kier molecular flexibility index (Phi) is 4.14. The van der Waals surface area contributed by atoms with E-state index in [1.54, 1.807) is 0 Å². The van der Waals surface area contributed by atoms with Crippen molar-refractivity contribution in [2.45, 2.75) is 6.92 Å². The van der Waals surface area contributed by atoms with Crippen LogP contribution < -0.4 is 11.2 Å². The van der Waals surface area contributed by atoms with Crippen LogP contribution in [0, 0.1) is 0 Å². The minimum absolute atomic E-state index is 0.500. The lowest BCUT2D eigenvalue weighted by atomic mass is 10.7. The summed E-state index contributed by atoms with van der Waals surface area (Å²) in [7, 11) is 0. The van der Waals surface area contributed by atoms with Crippen molar-refractivity contribution in [3.63, 3.8) is 0 Å². The highest BCUT2D eigenvalue weighted by atomic mass is 19.2. The van der Waals surface area contributed by atoms with E-state index >= 15 is 0 Å². The molecule has 0 atom stereocenters. The Labute approximate surface area is 71.2 Å². The summed E-state index contributed by atoms with van der Waals surface area (Å²) in [6, 6.07) is 0.918. The smallest absolute Gasteiger partial charge is 0.357 e. The SMILES string of the molecule is CC(=O)O.O=c1cc[nH]c(=O)n1F. The van der Waals surface area contributed by atoms with E-state index in [9.17, 15) is 14.1 Å². The molecule has 13 heavy (non-hydrogen) atoms. The predicted molar refractivity (Wildman–Crippen MR) is 41.1 cm³/mol. The third-order valence-electron chi connectivity index (χ3n) is 0.805. The standard InChI is InChI=1S/C4H3FN2O2.C2H4O2/c5-7-3(8)1-2-6-4(7)9;1-2(3)4/h1-2H,(H,6,9);1H3,(H,3,4). The zero-order valence-electron chi connectivity index (χ0n) is 6.65. The van der Waals surface area contributed by atoms with Crippen LogP contribution in [-0.4, -0.2) is 20.8 Å². The van der Waals surface area contributed by atoms with Crippen molar-refractivity contribution in [3.8, 4) is 0 Å². The summed E-state index contributed by atoms with van der Waals surface area (Å²) in [5.74, 6) is -0.833. The Morgan fingerprint density at radius 1 is 1.62 bits per heavy atom. The number of hydrogen-bond acceptors (Lipinski definition) is 3. The van der Waals surface area contributed by atoms with Gasteiger partial charge in [0.2, 0.25) is 0 Å². The van der Waals surface area contributed by atoms with Gasteiger partial charge in [-0.25, -0.2) is 4.79 Å². The van der Waals surface area contributed by atoms with Crippen LogP contribution in [0.3, 0.4) is 0 Å². The van der Waals surface area contributed by atoms with Gasteiger partial charge in [-0.3, -0.25) is 9.59 Å². The maximum atomic E-state index is 12.0. The zero-order chi connectivity index (χ0) is 10.4. The van der Waals surface area contributed by atoms with Gasteiger partial charge in [-0.15, -0.1) is 0 Å². The third kappa shape index (κ3) is 4.51. The monoisotopic (exact) mass is 190 g/mol. The first kappa shape index (κ1) is 11.1. The number of carboxylic acids is 1. The summed E-state index contributed by atoms with van der Waals surface area (Å²) in [5.41, 5.74) is -2.01. The molecule has 0 spiro atoms. The molecule has 1 rings (SSSR count). The topological polar surface area (TPSA) is 92.2 Å². The van der Waals surface area contributed by atoms with Crippen LogP contribution in [0.15, 0.2) is 21.9 Å². The van der Waals surface area contributed by atoms with Gasteiger partial charge in [-0.2, -0.15) is 0 Å². The number of aliphatic carboxylic acids is 1. The Bertz CT molecular complexity index is 362. The largest absolute Gasteiger partial charge is 0.481 e. The molecular weight excluding hydrogens is 183 g/mol. The van der Waals surface area contributed by atoms with E-state index in [4.69, 9.17) is 9.90 Å². The van der Waals surface area contributed by atoms with Crippen LogP contribution in [0.1, 0.15) is 6.92 Å². The maximum Gasteiger partial charge on any atom is 0.357 e. The first-order chi connectivity index (χ1) is 5.95. The van der Waals surface area contributed by atoms with Gasteiger partial charge in [0.05, 0.1) is 0 Å². The average Bonchev–Trinajstić information content (AvgIpc) is 1.99. The number of aromatic amines is 1. The van der Waals surface area contributed by atoms with Gasteiger partial charge in [-0.05, 0) is 0 Å². The van der Waals surface area contributed by atoms with Crippen molar-refractivity contribution in [2.24, 2.45) is 0 Å². The highest BCUT2D eigenvalue weighted by molar-refractivity contribution is 5.62. The highest BCUT2D eigenvalue weighted by Crippen LogP contribution is 1.63. The minimum Gasteiger partial charge on any atom is -0.481 e. The summed E-state index contributed by atoms with van der Waals surface area (Å²) in [5, 5.41) is 7.42. The first-order valence-corrected chi connectivity index (χ1v) is 3.11. The lowest BCUT2D eigenvalue weighted by molar-refractivity contribution is -0.134. The number of carboxylic acid groups (broad SMARTS) is 1. The average molecular weight is 190 g/mol. The molecule has 0 saturated heterocycles. The minimum atomic E-state index is -1.05. The number of hydrogen-bond donors (Lipinski definition) is 2. The number of nitrogens with one attached hydrogen (secondary N) is 1. The fraction of sp³-hybridized carbons (Fsp3) is 0.167. The molecule has 0 bridgehead atoms. The summed E-state index contributed by atoms with van der Waals surface area (Å²) in [6.07, 6.45) is 1.08. The van der Waals surface area contributed by atoms with Crippen LogP contribution >= 0.6 is 0 Å². The Morgan fingerprint density at radius 2 is 2.08 bits per heavy atom. The fourth-order valence-electron chi connectivity index (χ4n) is 0.406. The molecule has 0 unspecified atom stereocenters. The predicted octanol–water partition coefficient (Wildman–Crippen LogP) is -0.640. The summed E-state index contributed by atoms with van der Waals surface area (Å²) >= 11 is 0. The van der Waals surface area contributed by atoms with Gasteiger partial charge in [-0.1, -0.05) is 9.27 Å². The molecule has 1 aromatic rings. The number of aromatic nitrogens is 2. The van der Waals surface area contributed by atoms with Gasteiger partial charge in [0.25, 0.3) is 11.5 Å². The Hall–Kier alpha value is -1.92. The molecule has 6 nitrogen and oxygen atoms in total. The van der Waals surface area contributed by atoms with E-state index in [1.807, 2.05) is 4.98 Å². The Balaban J connectivity index is 0.000000310. The van der Waals surface area contributed by atoms with E-state index < -0.39 is 22.0 Å². The number of rotatable bonds is 0. The van der Waals surface area contributed by atoms with E-state index in [0.717, 1.165) is 19.2 Å². The summed E-state index contributed by atoms with van der Waals surface area (Å²) in [4.78, 5) is 30.9. The van der Waals surface area contributed by atoms with Crippen LogP contribution in [0.2, 0.25) is 0 Å². The third-order valence-corrected chi connectivity index (χ3v) is 0.805. The van der Waals surface area contributed by atoms with Crippen molar-refractivity contribution in [1.82, 2.24) is 9.77 Å².